The van der Waals surface area contributed by atoms with Gasteiger partial charge < -0.3 is 10.4 Å². The first-order chi connectivity index (χ1) is 16.2. The number of hydrogen-bond donors (Lipinski definition) is 4. The molecule has 0 radical (unpaired) electrons. The largest absolute Gasteiger partial charge is 0.505 e. The third-order valence-corrected chi connectivity index (χ3v) is 4.89. The number of anilines is 3. The average Bonchev–Trinajstić information content (AvgIpc) is 3.33. The van der Waals surface area contributed by atoms with Gasteiger partial charge in [-0.1, -0.05) is 42.5 Å². The molecule has 33 heavy (non-hydrogen) atoms. The van der Waals surface area contributed by atoms with Crippen molar-refractivity contribution in [3.63, 3.8) is 0 Å². The fraction of sp³-hybridized carbons (Fsp3) is 0. The van der Waals surface area contributed by atoms with Crippen molar-refractivity contribution in [2.24, 2.45) is 0 Å². The number of phenolic OH excluding ortho intramolecular Hbond substituents is 1. The molecule has 0 aliphatic carbocycles. The van der Waals surface area contributed by atoms with E-state index < -0.39 is 5.91 Å². The molecule has 162 valence electrons. The maximum Gasteiger partial charge on any atom is 0.259 e. The minimum Gasteiger partial charge on any atom is -0.505 e. The molecule has 3 aromatic carbocycles. The number of carbonyl (C=O) groups is 1. The molecule has 0 spiro atoms. The zero-order chi connectivity index (χ0) is 22.6. The molecule has 2 aromatic heterocycles. The number of aromatic nitrogens is 5. The number of para-hydroxylation sites is 1. The van der Waals surface area contributed by atoms with Gasteiger partial charge in [0, 0.05) is 23.5 Å². The second kappa shape index (κ2) is 8.63. The molecule has 5 aromatic rings. The van der Waals surface area contributed by atoms with Crippen LogP contribution >= 0.6 is 0 Å². The topological polar surface area (TPSA) is 130 Å². The van der Waals surface area contributed by atoms with Crippen molar-refractivity contribution in [1.82, 2.24) is 24.7 Å². The zero-order valence-corrected chi connectivity index (χ0v) is 17.2. The first-order valence-corrected chi connectivity index (χ1v) is 10.0. The van der Waals surface area contributed by atoms with Crippen LogP contribution in [0.5, 0.6) is 5.75 Å². The van der Waals surface area contributed by atoms with E-state index in [2.05, 4.69) is 36.2 Å². The molecule has 0 saturated heterocycles. The molecule has 0 fully saturated rings. The molecule has 0 saturated carbocycles. The van der Waals surface area contributed by atoms with E-state index >= 15 is 0 Å². The van der Waals surface area contributed by atoms with Crippen LogP contribution in [-0.2, 0) is 0 Å². The molecule has 4 N–H and O–H groups in total. The number of nitrogens with one attached hydrogen (secondary N) is 3. The number of aromatic hydroxyl groups is 1. The van der Waals surface area contributed by atoms with Gasteiger partial charge in [0.1, 0.15) is 12.0 Å². The van der Waals surface area contributed by atoms with Crippen molar-refractivity contribution in [2.45, 2.75) is 0 Å². The fourth-order valence-electron chi connectivity index (χ4n) is 3.35. The van der Waals surface area contributed by atoms with Gasteiger partial charge in [0.25, 0.3) is 11.9 Å². The predicted octanol–water partition coefficient (Wildman–Crippen LogP) is 3.61. The Bertz CT molecular complexity index is 1420. The summed E-state index contributed by atoms with van der Waals surface area (Å²) in [4.78, 5) is 25.4. The van der Waals surface area contributed by atoms with Gasteiger partial charge in [-0.3, -0.25) is 15.6 Å². The Labute approximate surface area is 187 Å². The third-order valence-electron chi connectivity index (χ3n) is 4.89. The third kappa shape index (κ3) is 4.00. The summed E-state index contributed by atoms with van der Waals surface area (Å²) in [6.07, 6.45) is 4.53. The highest BCUT2D eigenvalue weighted by Crippen LogP contribution is 2.36. The van der Waals surface area contributed by atoms with Crippen LogP contribution in [0.4, 0.5) is 17.3 Å². The summed E-state index contributed by atoms with van der Waals surface area (Å²) in [6.45, 7) is 0. The predicted molar refractivity (Wildman–Crippen MR) is 124 cm³/mol. The van der Waals surface area contributed by atoms with Crippen LogP contribution in [0.25, 0.3) is 16.7 Å². The van der Waals surface area contributed by atoms with Gasteiger partial charge in [0.2, 0.25) is 5.95 Å². The molecule has 0 atom stereocenters. The number of carbonyl (C=O) groups excluding carboxylic acids is 1. The maximum absolute atomic E-state index is 12.9. The molecular weight excluding hydrogens is 420 g/mol. The van der Waals surface area contributed by atoms with Crippen LogP contribution in [-0.4, -0.2) is 35.7 Å². The van der Waals surface area contributed by atoms with Crippen molar-refractivity contribution in [1.29, 1.82) is 0 Å². The Morgan fingerprint density at radius 3 is 2.45 bits per heavy atom. The molecule has 10 nitrogen and oxygen atoms in total. The van der Waals surface area contributed by atoms with Gasteiger partial charge in [0.05, 0.1) is 5.56 Å². The molecule has 0 aliphatic heterocycles. The lowest BCUT2D eigenvalue weighted by Crippen LogP contribution is -2.17. The molecular formula is C23H18N8O2. The molecule has 5 rings (SSSR count). The normalized spacial score (nSPS) is 10.7. The van der Waals surface area contributed by atoms with E-state index in [9.17, 15) is 9.90 Å². The Hall–Kier alpha value is -4.99. The van der Waals surface area contributed by atoms with Crippen LogP contribution in [0.2, 0.25) is 0 Å². The molecule has 0 bridgehead atoms. The summed E-state index contributed by atoms with van der Waals surface area (Å²) < 4.78 is 1.40. The smallest absolute Gasteiger partial charge is 0.259 e. The summed E-state index contributed by atoms with van der Waals surface area (Å²) in [7, 11) is 0. The van der Waals surface area contributed by atoms with Crippen molar-refractivity contribution in [3.8, 4) is 11.7 Å². The Kier molecular flexibility index (Phi) is 5.22. The van der Waals surface area contributed by atoms with Gasteiger partial charge in [-0.15, -0.1) is 0 Å². The lowest BCUT2D eigenvalue weighted by Gasteiger charge is -2.16. The number of fused-ring (bicyclic) bond motifs is 1. The van der Waals surface area contributed by atoms with Gasteiger partial charge in [-0.2, -0.15) is 14.8 Å². The van der Waals surface area contributed by atoms with Crippen LogP contribution in [0.1, 0.15) is 10.4 Å². The molecule has 2 heterocycles. The number of benzene rings is 3. The first-order valence-electron chi connectivity index (χ1n) is 10.0. The van der Waals surface area contributed by atoms with E-state index in [1.807, 2.05) is 42.5 Å². The zero-order valence-electron chi connectivity index (χ0n) is 17.2. The van der Waals surface area contributed by atoms with Crippen LogP contribution < -0.4 is 16.2 Å². The monoisotopic (exact) mass is 438 g/mol. The van der Waals surface area contributed by atoms with E-state index in [-0.39, 0.29) is 11.3 Å². The Morgan fingerprint density at radius 2 is 1.64 bits per heavy atom. The van der Waals surface area contributed by atoms with E-state index in [1.54, 1.807) is 36.7 Å². The summed E-state index contributed by atoms with van der Waals surface area (Å²) in [5.74, 6) is -0.0294. The molecule has 1 amide bonds. The highest BCUT2D eigenvalue weighted by atomic mass is 16.3. The van der Waals surface area contributed by atoms with Crippen molar-refractivity contribution in [2.75, 3.05) is 16.2 Å². The van der Waals surface area contributed by atoms with Crippen molar-refractivity contribution >= 4 is 34.0 Å². The standard InChI is InChI=1S/C23H18N8O2/c32-20-18(21(33)28-16-8-2-1-3-9-16)13-15-7-4-5-10-17(15)19(20)29-30-23-26-14-27-31(23)22-24-11-6-12-25-22/h1-14,29,32H,(H,28,33)(H,26,27,30). The lowest BCUT2D eigenvalue weighted by atomic mass is 10.0. The second-order valence-electron chi connectivity index (χ2n) is 6.98. The highest BCUT2D eigenvalue weighted by Gasteiger charge is 2.19. The number of nitrogens with zero attached hydrogens (tertiary/aromatic N) is 5. The van der Waals surface area contributed by atoms with Gasteiger partial charge in [-0.05, 0) is 29.7 Å². The lowest BCUT2D eigenvalue weighted by molar-refractivity contribution is 0.102. The summed E-state index contributed by atoms with van der Waals surface area (Å²) >= 11 is 0. The van der Waals surface area contributed by atoms with E-state index in [0.29, 0.717) is 28.7 Å². The molecule has 10 heteroatoms. The first kappa shape index (κ1) is 19.9. The van der Waals surface area contributed by atoms with E-state index in [1.165, 1.54) is 11.0 Å². The minimum absolute atomic E-state index is 0.120. The summed E-state index contributed by atoms with van der Waals surface area (Å²) in [6, 6.07) is 19.8. The van der Waals surface area contributed by atoms with E-state index in [4.69, 9.17) is 0 Å². The van der Waals surface area contributed by atoms with Gasteiger partial charge in [-0.25, -0.2) is 9.97 Å². The van der Waals surface area contributed by atoms with Crippen LogP contribution in [0.15, 0.2) is 85.5 Å². The van der Waals surface area contributed by atoms with Crippen LogP contribution in [0.3, 0.4) is 0 Å². The van der Waals surface area contributed by atoms with Gasteiger partial charge in [0.15, 0.2) is 5.75 Å². The number of hydrogen-bond acceptors (Lipinski definition) is 8. The van der Waals surface area contributed by atoms with Gasteiger partial charge >= 0.3 is 0 Å². The Morgan fingerprint density at radius 1 is 0.879 bits per heavy atom. The second-order valence-corrected chi connectivity index (χ2v) is 6.98. The number of hydrazine groups is 1. The number of amides is 1. The average molecular weight is 438 g/mol. The van der Waals surface area contributed by atoms with Crippen molar-refractivity contribution < 1.29 is 9.90 Å². The number of phenols is 1. The quantitative estimate of drug-likeness (QED) is 0.234. The molecule has 0 unspecified atom stereocenters. The van der Waals surface area contributed by atoms with E-state index in [0.717, 1.165) is 5.39 Å². The fourth-order valence-corrected chi connectivity index (χ4v) is 3.35. The molecule has 0 aliphatic rings. The maximum atomic E-state index is 12.9. The summed E-state index contributed by atoms with van der Waals surface area (Å²) in [5.41, 5.74) is 6.95. The summed E-state index contributed by atoms with van der Waals surface area (Å²) in [5, 5.41) is 19.4. The highest BCUT2D eigenvalue weighted by molar-refractivity contribution is 6.12. The van der Waals surface area contributed by atoms with Crippen LogP contribution in [0, 0.1) is 0 Å². The van der Waals surface area contributed by atoms with Crippen molar-refractivity contribution in [3.05, 3.63) is 91.0 Å². The SMILES string of the molecule is O=C(Nc1ccccc1)c1cc2ccccc2c(NNc2ncnn2-c2ncccn2)c1O. The number of rotatable bonds is 6. The minimum atomic E-state index is -0.437. The Balaban J connectivity index is 1.49.